The van der Waals surface area contributed by atoms with Crippen molar-refractivity contribution in [1.82, 2.24) is 15.3 Å². The summed E-state index contributed by atoms with van der Waals surface area (Å²) >= 11 is 3.43. The topological polar surface area (TPSA) is 47.0 Å². The number of halogens is 1. The van der Waals surface area contributed by atoms with Crippen LogP contribution in [0.1, 0.15) is 5.56 Å². The molecule has 0 radical (unpaired) electrons. The first-order chi connectivity index (χ1) is 10.3. The molecule has 3 aromatic rings. The molecule has 0 bridgehead atoms. The number of benzene rings is 1. The van der Waals surface area contributed by atoms with E-state index >= 15 is 0 Å². The number of nitrogens with zero attached hydrogens (tertiary/aromatic N) is 2. The molecule has 106 valence electrons. The van der Waals surface area contributed by atoms with Gasteiger partial charge in [0.1, 0.15) is 5.52 Å². The lowest BCUT2D eigenvalue weighted by Crippen LogP contribution is -2.07. The van der Waals surface area contributed by atoms with Crippen molar-refractivity contribution in [2.75, 3.05) is 7.05 Å². The number of rotatable bonds is 4. The van der Waals surface area contributed by atoms with Crippen LogP contribution in [0.3, 0.4) is 0 Å². The van der Waals surface area contributed by atoms with Gasteiger partial charge >= 0.3 is 0 Å². The first-order valence-electron chi connectivity index (χ1n) is 6.58. The zero-order chi connectivity index (χ0) is 14.7. The summed E-state index contributed by atoms with van der Waals surface area (Å²) in [4.78, 5) is 8.75. The van der Waals surface area contributed by atoms with Crippen LogP contribution in [-0.2, 0) is 6.54 Å². The summed E-state index contributed by atoms with van der Waals surface area (Å²) in [5.74, 6) is 1.30. The van der Waals surface area contributed by atoms with E-state index < -0.39 is 0 Å². The van der Waals surface area contributed by atoms with E-state index in [9.17, 15) is 0 Å². The molecule has 0 saturated carbocycles. The minimum absolute atomic E-state index is 0.589. The predicted octanol–water partition coefficient (Wildman–Crippen LogP) is 3.90. The Labute approximate surface area is 131 Å². The lowest BCUT2D eigenvalue weighted by atomic mass is 10.2. The molecule has 4 nitrogen and oxygen atoms in total. The molecule has 3 rings (SSSR count). The fraction of sp³-hybridized carbons (Fsp3) is 0.125. The van der Waals surface area contributed by atoms with Crippen molar-refractivity contribution < 1.29 is 4.74 Å². The highest BCUT2D eigenvalue weighted by Crippen LogP contribution is 2.30. The predicted molar refractivity (Wildman–Crippen MR) is 86.5 cm³/mol. The Morgan fingerprint density at radius 1 is 1.19 bits per heavy atom. The van der Waals surface area contributed by atoms with E-state index in [-0.39, 0.29) is 0 Å². The first-order valence-corrected chi connectivity index (χ1v) is 7.38. The Bertz CT molecular complexity index is 771. The van der Waals surface area contributed by atoms with Gasteiger partial charge in [-0.15, -0.1) is 0 Å². The molecule has 5 heteroatoms. The van der Waals surface area contributed by atoms with Crippen molar-refractivity contribution in [3.63, 3.8) is 0 Å². The average molecular weight is 344 g/mol. The summed E-state index contributed by atoms with van der Waals surface area (Å²) in [5.41, 5.74) is 1.82. The fourth-order valence-corrected chi connectivity index (χ4v) is 2.52. The molecular weight excluding hydrogens is 330 g/mol. The van der Waals surface area contributed by atoms with Gasteiger partial charge in [0.2, 0.25) is 5.88 Å². The lowest BCUT2D eigenvalue weighted by Gasteiger charge is -2.11. The number of nitrogens with one attached hydrogen (secondary N) is 1. The molecular formula is C16H14BrN3O. The maximum Gasteiger partial charge on any atom is 0.223 e. The van der Waals surface area contributed by atoms with Crippen molar-refractivity contribution in [3.8, 4) is 11.6 Å². The third-order valence-corrected chi connectivity index (χ3v) is 3.50. The van der Waals surface area contributed by atoms with Gasteiger partial charge in [-0.2, -0.15) is 0 Å². The van der Waals surface area contributed by atoms with Gasteiger partial charge in [0.05, 0.1) is 0 Å². The van der Waals surface area contributed by atoms with Gasteiger partial charge in [-0.3, -0.25) is 4.98 Å². The first kappa shape index (κ1) is 14.0. The van der Waals surface area contributed by atoms with Crippen molar-refractivity contribution in [2.24, 2.45) is 0 Å². The highest BCUT2D eigenvalue weighted by molar-refractivity contribution is 9.10. The number of pyridine rings is 2. The minimum atomic E-state index is 0.589. The number of hydrogen-bond donors (Lipinski definition) is 1. The van der Waals surface area contributed by atoms with Crippen LogP contribution < -0.4 is 10.1 Å². The normalized spacial score (nSPS) is 10.8. The summed E-state index contributed by atoms with van der Waals surface area (Å²) in [6.45, 7) is 0.681. The average Bonchev–Trinajstić information content (AvgIpc) is 2.50. The molecule has 2 aromatic heterocycles. The maximum atomic E-state index is 6.00. The smallest absolute Gasteiger partial charge is 0.223 e. The summed E-state index contributed by atoms with van der Waals surface area (Å²) in [7, 11) is 1.89. The lowest BCUT2D eigenvalue weighted by molar-refractivity contribution is 0.458. The summed E-state index contributed by atoms with van der Waals surface area (Å²) in [5, 5.41) is 4.16. The van der Waals surface area contributed by atoms with Crippen molar-refractivity contribution in [1.29, 1.82) is 0 Å². The molecule has 0 aliphatic heterocycles. The Kier molecular flexibility index (Phi) is 4.13. The monoisotopic (exact) mass is 343 g/mol. The van der Waals surface area contributed by atoms with Crippen LogP contribution in [0.4, 0.5) is 0 Å². The summed E-state index contributed by atoms with van der Waals surface area (Å²) in [6.07, 6.45) is 3.49. The van der Waals surface area contributed by atoms with Crippen LogP contribution in [0.5, 0.6) is 11.6 Å². The summed E-state index contributed by atoms with van der Waals surface area (Å²) < 4.78 is 6.92. The van der Waals surface area contributed by atoms with E-state index in [0.717, 1.165) is 20.9 Å². The zero-order valence-electron chi connectivity index (χ0n) is 11.5. The molecule has 2 heterocycles. The van der Waals surface area contributed by atoms with Gasteiger partial charge in [-0.25, -0.2) is 4.98 Å². The Balaban J connectivity index is 2.02. The number of ether oxygens (including phenoxy) is 1. The van der Waals surface area contributed by atoms with Gasteiger partial charge < -0.3 is 10.1 Å². The van der Waals surface area contributed by atoms with E-state index in [1.54, 1.807) is 12.4 Å². The molecule has 0 atom stereocenters. The van der Waals surface area contributed by atoms with Crippen molar-refractivity contribution >= 4 is 26.8 Å². The Hall–Kier alpha value is -1.98. The second-order valence-corrected chi connectivity index (χ2v) is 5.50. The van der Waals surface area contributed by atoms with Gasteiger partial charge in [0.15, 0.2) is 5.75 Å². The second kappa shape index (κ2) is 6.20. The molecule has 0 aliphatic rings. The van der Waals surface area contributed by atoms with Gasteiger partial charge in [0.25, 0.3) is 0 Å². The number of para-hydroxylation sites is 1. The van der Waals surface area contributed by atoms with Crippen LogP contribution in [0, 0.1) is 0 Å². The maximum absolute atomic E-state index is 6.00. The van der Waals surface area contributed by atoms with Crippen LogP contribution in [0.25, 0.3) is 10.9 Å². The van der Waals surface area contributed by atoms with E-state index in [4.69, 9.17) is 4.74 Å². The van der Waals surface area contributed by atoms with E-state index in [0.29, 0.717) is 18.2 Å². The molecule has 1 N–H and O–H groups in total. The number of hydrogen-bond acceptors (Lipinski definition) is 4. The minimum Gasteiger partial charge on any atom is -0.436 e. The van der Waals surface area contributed by atoms with E-state index in [1.165, 1.54) is 0 Å². The molecule has 0 spiro atoms. The van der Waals surface area contributed by atoms with Crippen molar-refractivity contribution in [2.45, 2.75) is 6.54 Å². The third-order valence-electron chi connectivity index (χ3n) is 3.06. The fourth-order valence-electron chi connectivity index (χ4n) is 2.14. The number of fused-ring (bicyclic) bond motifs is 1. The van der Waals surface area contributed by atoms with Gasteiger partial charge in [0, 0.05) is 34.4 Å². The molecule has 0 unspecified atom stereocenters. The molecule has 0 amide bonds. The van der Waals surface area contributed by atoms with Crippen LogP contribution in [-0.4, -0.2) is 17.0 Å². The Morgan fingerprint density at radius 2 is 2.05 bits per heavy atom. The SMILES string of the molecule is CNCc1cc(Br)cnc1Oc1cccc2cccnc12. The Morgan fingerprint density at radius 3 is 2.90 bits per heavy atom. The molecule has 1 aromatic carbocycles. The molecule has 0 saturated heterocycles. The van der Waals surface area contributed by atoms with Crippen LogP contribution >= 0.6 is 15.9 Å². The standard InChI is InChI=1S/C16H14BrN3O/c1-18-9-12-8-13(17)10-20-16(12)21-14-6-2-4-11-5-3-7-19-15(11)14/h2-8,10,18H,9H2,1H3. The van der Waals surface area contributed by atoms with E-state index in [1.807, 2.05) is 43.4 Å². The number of aromatic nitrogens is 2. The van der Waals surface area contributed by atoms with Gasteiger partial charge in [-0.1, -0.05) is 18.2 Å². The van der Waals surface area contributed by atoms with Crippen LogP contribution in [0.15, 0.2) is 53.3 Å². The van der Waals surface area contributed by atoms with Crippen molar-refractivity contribution in [3.05, 3.63) is 58.8 Å². The highest BCUT2D eigenvalue weighted by atomic mass is 79.9. The zero-order valence-corrected chi connectivity index (χ0v) is 13.1. The second-order valence-electron chi connectivity index (χ2n) is 4.58. The summed E-state index contributed by atoms with van der Waals surface area (Å²) in [6, 6.07) is 11.8. The van der Waals surface area contributed by atoms with Crippen LogP contribution in [0.2, 0.25) is 0 Å². The quantitative estimate of drug-likeness (QED) is 0.780. The molecule has 21 heavy (non-hydrogen) atoms. The van der Waals surface area contributed by atoms with E-state index in [2.05, 4.69) is 31.2 Å². The third kappa shape index (κ3) is 3.04. The largest absolute Gasteiger partial charge is 0.436 e. The molecule has 0 aliphatic carbocycles. The highest BCUT2D eigenvalue weighted by Gasteiger charge is 2.10. The van der Waals surface area contributed by atoms with Gasteiger partial charge in [-0.05, 0) is 41.2 Å². The molecule has 0 fully saturated rings.